The average Bonchev–Trinajstić information content (AvgIpc) is 3.12. The number of ketones is 1. The van der Waals surface area contributed by atoms with E-state index in [0.717, 1.165) is 12.8 Å². The van der Waals surface area contributed by atoms with Crippen molar-refractivity contribution in [2.24, 2.45) is 0 Å². The maximum atomic E-state index is 13.2. The van der Waals surface area contributed by atoms with Crippen molar-refractivity contribution < 1.29 is 28.9 Å². The lowest BCUT2D eigenvalue weighted by molar-refractivity contribution is -0.140. The van der Waals surface area contributed by atoms with E-state index >= 15 is 0 Å². The van der Waals surface area contributed by atoms with Gasteiger partial charge in [-0.05, 0) is 62.5 Å². The summed E-state index contributed by atoms with van der Waals surface area (Å²) < 4.78 is 16.5. The van der Waals surface area contributed by atoms with Gasteiger partial charge in [-0.2, -0.15) is 0 Å². The number of rotatable bonds is 11. The third-order valence-corrected chi connectivity index (χ3v) is 5.95. The molecule has 35 heavy (non-hydrogen) atoms. The minimum atomic E-state index is -0.768. The van der Waals surface area contributed by atoms with E-state index in [1.54, 1.807) is 42.5 Å². The van der Waals surface area contributed by atoms with Crippen LogP contribution < -0.4 is 14.2 Å². The van der Waals surface area contributed by atoms with Crippen LogP contribution in [0.3, 0.4) is 0 Å². The van der Waals surface area contributed by atoms with Crippen molar-refractivity contribution >= 4 is 17.4 Å². The smallest absolute Gasteiger partial charge is 0.295 e. The van der Waals surface area contributed by atoms with Crippen LogP contribution in [0.25, 0.3) is 5.76 Å². The number of ether oxygens (including phenoxy) is 3. The molecule has 0 bridgehead atoms. The normalized spacial score (nSPS) is 17.2. The summed E-state index contributed by atoms with van der Waals surface area (Å²) >= 11 is 0. The Morgan fingerprint density at radius 3 is 2.31 bits per heavy atom. The Hall–Kier alpha value is -3.52. The lowest BCUT2D eigenvalue weighted by Crippen LogP contribution is -2.35. The lowest BCUT2D eigenvalue weighted by Gasteiger charge is -2.27. The Labute approximate surface area is 206 Å². The zero-order valence-electron chi connectivity index (χ0n) is 21.0. The standard InChI is InChI=1S/C27H34N2O6/c1-6-7-16-35-20-11-8-18(9-12-20)25(30)23-24(19-10-13-21(33-4)22(17-19)34-5)29(15-14-28(2)3)27(32)26(23)31/h8-13,17,24,30H,6-7,14-16H2,1-5H3/t24-/m0/s1. The van der Waals surface area contributed by atoms with Crippen LogP contribution >= 0.6 is 0 Å². The van der Waals surface area contributed by atoms with Gasteiger partial charge in [0.1, 0.15) is 11.5 Å². The summed E-state index contributed by atoms with van der Waals surface area (Å²) in [5, 5.41) is 11.2. The summed E-state index contributed by atoms with van der Waals surface area (Å²) in [7, 11) is 6.85. The maximum absolute atomic E-state index is 13.2. The number of aliphatic hydroxyl groups is 1. The molecule has 0 aliphatic carbocycles. The van der Waals surface area contributed by atoms with Crippen LogP contribution in [0.1, 0.15) is 36.9 Å². The van der Waals surface area contributed by atoms with Crippen LogP contribution in [0, 0.1) is 0 Å². The molecule has 1 atom stereocenters. The molecule has 0 aromatic heterocycles. The highest BCUT2D eigenvalue weighted by Gasteiger charge is 2.46. The number of hydrogen-bond acceptors (Lipinski definition) is 7. The van der Waals surface area contributed by atoms with Gasteiger partial charge < -0.3 is 29.1 Å². The Kier molecular flexibility index (Phi) is 8.76. The monoisotopic (exact) mass is 482 g/mol. The highest BCUT2D eigenvalue weighted by molar-refractivity contribution is 6.46. The molecule has 0 radical (unpaired) electrons. The Morgan fingerprint density at radius 2 is 1.71 bits per heavy atom. The van der Waals surface area contributed by atoms with E-state index < -0.39 is 17.7 Å². The number of amides is 1. The molecule has 8 heteroatoms. The first kappa shape index (κ1) is 26.1. The number of methoxy groups -OCH3 is 2. The van der Waals surface area contributed by atoms with E-state index in [4.69, 9.17) is 14.2 Å². The van der Waals surface area contributed by atoms with Crippen LogP contribution in [0.2, 0.25) is 0 Å². The number of carbonyl (C=O) groups is 2. The molecule has 1 fully saturated rings. The Bertz CT molecular complexity index is 1080. The summed E-state index contributed by atoms with van der Waals surface area (Å²) in [5.74, 6) is 0.0856. The van der Waals surface area contributed by atoms with Crippen LogP contribution in [-0.4, -0.2) is 74.6 Å². The van der Waals surface area contributed by atoms with Crippen molar-refractivity contribution in [1.82, 2.24) is 9.80 Å². The number of carbonyl (C=O) groups excluding carboxylic acids is 2. The van der Waals surface area contributed by atoms with Gasteiger partial charge in [0.05, 0.1) is 32.4 Å². The molecular weight excluding hydrogens is 448 g/mol. The second kappa shape index (κ2) is 11.8. The molecule has 2 aromatic rings. The first-order valence-electron chi connectivity index (χ1n) is 11.7. The van der Waals surface area contributed by atoms with Crippen molar-refractivity contribution in [3.63, 3.8) is 0 Å². The zero-order valence-corrected chi connectivity index (χ0v) is 21.0. The molecule has 3 rings (SSSR count). The van der Waals surface area contributed by atoms with Crippen molar-refractivity contribution in [3.8, 4) is 17.2 Å². The van der Waals surface area contributed by atoms with Crippen molar-refractivity contribution in [3.05, 3.63) is 59.2 Å². The average molecular weight is 483 g/mol. The van der Waals surface area contributed by atoms with Crippen molar-refractivity contribution in [2.75, 3.05) is 48.0 Å². The van der Waals surface area contributed by atoms with Gasteiger partial charge in [0.2, 0.25) is 0 Å². The predicted molar refractivity (Wildman–Crippen MR) is 134 cm³/mol. The van der Waals surface area contributed by atoms with E-state index in [1.165, 1.54) is 19.1 Å². The third kappa shape index (κ3) is 5.77. The van der Waals surface area contributed by atoms with Gasteiger partial charge in [-0.15, -0.1) is 0 Å². The zero-order chi connectivity index (χ0) is 25.5. The van der Waals surface area contributed by atoms with Crippen LogP contribution in [0.15, 0.2) is 48.0 Å². The minimum absolute atomic E-state index is 0.0422. The topological polar surface area (TPSA) is 88.5 Å². The van der Waals surface area contributed by atoms with Gasteiger partial charge in [0.25, 0.3) is 11.7 Å². The summed E-state index contributed by atoms with van der Waals surface area (Å²) in [4.78, 5) is 29.7. The molecule has 0 saturated carbocycles. The molecule has 8 nitrogen and oxygen atoms in total. The molecular formula is C27H34N2O6. The van der Waals surface area contributed by atoms with Gasteiger partial charge in [-0.25, -0.2) is 0 Å². The number of nitrogens with zero attached hydrogens (tertiary/aromatic N) is 2. The number of benzene rings is 2. The van der Waals surface area contributed by atoms with Gasteiger partial charge in [0, 0.05) is 18.7 Å². The van der Waals surface area contributed by atoms with Crippen LogP contribution in [0.4, 0.5) is 0 Å². The van der Waals surface area contributed by atoms with E-state index in [1.807, 2.05) is 19.0 Å². The molecule has 188 valence electrons. The fourth-order valence-electron chi connectivity index (χ4n) is 3.99. The number of likely N-dealkylation sites (tertiary alicyclic amines) is 1. The molecule has 2 aromatic carbocycles. The molecule has 0 unspecified atom stereocenters. The minimum Gasteiger partial charge on any atom is -0.507 e. The number of likely N-dealkylation sites (N-methyl/N-ethyl adjacent to an activating group) is 1. The lowest BCUT2D eigenvalue weighted by atomic mass is 9.95. The highest BCUT2D eigenvalue weighted by atomic mass is 16.5. The Morgan fingerprint density at radius 1 is 1.03 bits per heavy atom. The predicted octanol–water partition coefficient (Wildman–Crippen LogP) is 3.87. The van der Waals surface area contributed by atoms with Gasteiger partial charge in [-0.3, -0.25) is 9.59 Å². The maximum Gasteiger partial charge on any atom is 0.295 e. The number of Topliss-reactive ketones (excluding diaryl/α,β-unsaturated/α-hetero) is 1. The first-order valence-corrected chi connectivity index (χ1v) is 11.7. The van der Waals surface area contributed by atoms with Crippen LogP contribution in [-0.2, 0) is 9.59 Å². The highest BCUT2D eigenvalue weighted by Crippen LogP contribution is 2.42. The summed E-state index contributed by atoms with van der Waals surface area (Å²) in [6, 6.07) is 11.3. The second-order valence-corrected chi connectivity index (χ2v) is 8.64. The summed E-state index contributed by atoms with van der Waals surface area (Å²) in [6.45, 7) is 3.57. The molecule has 1 aliphatic rings. The quantitative estimate of drug-likeness (QED) is 0.225. The summed E-state index contributed by atoms with van der Waals surface area (Å²) in [6.07, 6.45) is 1.98. The van der Waals surface area contributed by atoms with Gasteiger partial charge >= 0.3 is 0 Å². The van der Waals surface area contributed by atoms with E-state index in [0.29, 0.717) is 48.1 Å². The second-order valence-electron chi connectivity index (χ2n) is 8.64. The van der Waals surface area contributed by atoms with Crippen molar-refractivity contribution in [1.29, 1.82) is 0 Å². The van der Waals surface area contributed by atoms with Gasteiger partial charge in [0.15, 0.2) is 11.5 Å². The largest absolute Gasteiger partial charge is 0.507 e. The molecule has 1 heterocycles. The van der Waals surface area contributed by atoms with E-state index in [-0.39, 0.29) is 11.3 Å². The van der Waals surface area contributed by atoms with Crippen molar-refractivity contribution in [2.45, 2.75) is 25.8 Å². The summed E-state index contributed by atoms with van der Waals surface area (Å²) in [5.41, 5.74) is 1.12. The molecule has 1 saturated heterocycles. The third-order valence-electron chi connectivity index (χ3n) is 5.95. The molecule has 1 amide bonds. The molecule has 0 spiro atoms. The number of aliphatic hydroxyl groups excluding tert-OH is 1. The first-order chi connectivity index (χ1) is 16.8. The number of hydrogen-bond donors (Lipinski definition) is 1. The molecule has 1 N–H and O–H groups in total. The Balaban J connectivity index is 2.06. The SMILES string of the molecule is CCCCOc1ccc(C(O)=C2C(=O)C(=O)N(CCN(C)C)[C@H]2c2ccc(OC)c(OC)c2)cc1. The van der Waals surface area contributed by atoms with E-state index in [2.05, 4.69) is 6.92 Å². The van der Waals surface area contributed by atoms with E-state index in [9.17, 15) is 14.7 Å². The van der Waals surface area contributed by atoms with Gasteiger partial charge in [-0.1, -0.05) is 19.4 Å². The molecule has 1 aliphatic heterocycles. The number of unbranched alkanes of at least 4 members (excludes halogenated alkanes) is 1. The van der Waals surface area contributed by atoms with Crippen LogP contribution in [0.5, 0.6) is 17.2 Å². The fourth-order valence-corrected chi connectivity index (χ4v) is 3.99. The fraction of sp³-hybridized carbons (Fsp3) is 0.407.